The third-order valence-electron chi connectivity index (χ3n) is 3.40. The van der Waals surface area contributed by atoms with Crippen LogP contribution >= 0.6 is 23.1 Å². The summed E-state index contributed by atoms with van der Waals surface area (Å²) >= 11 is 3.09. The largest absolute Gasteiger partial charge is 0.332 e. The van der Waals surface area contributed by atoms with Crippen molar-refractivity contribution in [1.82, 2.24) is 25.1 Å². The number of nitrogens with zero attached hydrogens (tertiary/aromatic N) is 4. The van der Waals surface area contributed by atoms with Crippen LogP contribution in [0.25, 0.3) is 0 Å². The average molecular weight is 323 g/mol. The summed E-state index contributed by atoms with van der Waals surface area (Å²) in [6, 6.07) is 0.0149. The SMILES string of the molecule is Cc1csc(SCC(=O)N2CCC[C@@H]2c2n[nH]c(C)n2)n1. The minimum absolute atomic E-state index is 0.0149. The van der Waals surface area contributed by atoms with Crippen LogP contribution in [0.4, 0.5) is 0 Å². The van der Waals surface area contributed by atoms with E-state index in [2.05, 4.69) is 20.2 Å². The third-order valence-corrected chi connectivity index (χ3v) is 5.53. The van der Waals surface area contributed by atoms with E-state index in [1.165, 1.54) is 11.8 Å². The van der Waals surface area contributed by atoms with Crippen molar-refractivity contribution in [3.8, 4) is 0 Å². The lowest BCUT2D eigenvalue weighted by molar-refractivity contribution is -0.129. The van der Waals surface area contributed by atoms with Crippen LogP contribution in [0.2, 0.25) is 0 Å². The molecule has 21 heavy (non-hydrogen) atoms. The normalized spacial score (nSPS) is 18.4. The van der Waals surface area contributed by atoms with Crippen molar-refractivity contribution in [2.24, 2.45) is 0 Å². The van der Waals surface area contributed by atoms with E-state index in [1.54, 1.807) is 11.3 Å². The molecular weight excluding hydrogens is 306 g/mol. The highest BCUT2D eigenvalue weighted by atomic mass is 32.2. The maximum atomic E-state index is 12.4. The number of H-pyrrole nitrogens is 1. The molecule has 1 atom stereocenters. The zero-order valence-corrected chi connectivity index (χ0v) is 13.6. The van der Waals surface area contributed by atoms with Crippen LogP contribution in [0.15, 0.2) is 9.72 Å². The predicted octanol–water partition coefficient (Wildman–Crippen LogP) is 2.33. The van der Waals surface area contributed by atoms with Gasteiger partial charge in [0.15, 0.2) is 10.2 Å². The number of rotatable bonds is 4. The number of hydrogen-bond acceptors (Lipinski definition) is 6. The van der Waals surface area contributed by atoms with E-state index in [0.717, 1.165) is 41.1 Å². The first kappa shape index (κ1) is 14.5. The van der Waals surface area contributed by atoms with Crippen LogP contribution in [0.5, 0.6) is 0 Å². The lowest BCUT2D eigenvalue weighted by Crippen LogP contribution is -2.32. The van der Waals surface area contributed by atoms with Crippen LogP contribution in [0.3, 0.4) is 0 Å². The number of carbonyl (C=O) groups is 1. The summed E-state index contributed by atoms with van der Waals surface area (Å²) in [5, 5.41) is 9.06. The molecule has 0 aromatic carbocycles. The molecule has 1 fully saturated rings. The van der Waals surface area contributed by atoms with E-state index in [9.17, 15) is 4.79 Å². The number of amides is 1. The summed E-state index contributed by atoms with van der Waals surface area (Å²) in [7, 11) is 0. The first-order valence-corrected chi connectivity index (χ1v) is 8.73. The van der Waals surface area contributed by atoms with E-state index in [-0.39, 0.29) is 11.9 Å². The summed E-state index contributed by atoms with van der Waals surface area (Å²) < 4.78 is 0.949. The third kappa shape index (κ3) is 3.26. The molecule has 1 saturated heterocycles. The minimum Gasteiger partial charge on any atom is -0.332 e. The van der Waals surface area contributed by atoms with Gasteiger partial charge in [-0.1, -0.05) is 11.8 Å². The maximum absolute atomic E-state index is 12.4. The lowest BCUT2D eigenvalue weighted by Gasteiger charge is -2.22. The molecule has 0 bridgehead atoms. The Hall–Kier alpha value is -1.41. The molecule has 1 aliphatic heterocycles. The second-order valence-electron chi connectivity index (χ2n) is 5.07. The Morgan fingerprint density at radius 3 is 3.05 bits per heavy atom. The van der Waals surface area contributed by atoms with Crippen molar-refractivity contribution in [3.05, 3.63) is 22.7 Å². The Morgan fingerprint density at radius 1 is 1.52 bits per heavy atom. The number of aromatic nitrogens is 4. The van der Waals surface area contributed by atoms with Crippen LogP contribution in [-0.2, 0) is 4.79 Å². The summed E-state index contributed by atoms with van der Waals surface area (Å²) in [5.74, 6) is 2.08. The quantitative estimate of drug-likeness (QED) is 0.874. The zero-order chi connectivity index (χ0) is 14.8. The Morgan fingerprint density at radius 2 is 2.38 bits per heavy atom. The standard InChI is InChI=1S/C13H17N5OS2/c1-8-6-20-13(14-8)21-7-11(19)18-5-3-4-10(18)12-15-9(2)16-17-12/h6,10H,3-5,7H2,1-2H3,(H,15,16,17)/t10-/m1/s1. The second kappa shape index (κ2) is 6.15. The summed E-state index contributed by atoms with van der Waals surface area (Å²) in [5.41, 5.74) is 1.00. The Balaban J connectivity index is 1.63. The van der Waals surface area contributed by atoms with Gasteiger partial charge in [-0.25, -0.2) is 9.97 Å². The molecule has 0 spiro atoms. The molecule has 3 heterocycles. The molecule has 6 nitrogen and oxygen atoms in total. The van der Waals surface area contributed by atoms with Crippen LogP contribution in [0.1, 0.15) is 36.2 Å². The van der Waals surface area contributed by atoms with Gasteiger partial charge in [-0.15, -0.1) is 11.3 Å². The maximum Gasteiger partial charge on any atom is 0.233 e. The van der Waals surface area contributed by atoms with Gasteiger partial charge in [0, 0.05) is 17.6 Å². The average Bonchev–Trinajstić information content (AvgIpc) is 3.16. The smallest absolute Gasteiger partial charge is 0.233 e. The van der Waals surface area contributed by atoms with E-state index in [4.69, 9.17) is 0 Å². The van der Waals surface area contributed by atoms with Gasteiger partial charge >= 0.3 is 0 Å². The molecule has 2 aromatic heterocycles. The first-order chi connectivity index (χ1) is 10.1. The number of likely N-dealkylation sites (tertiary alicyclic amines) is 1. The number of aryl methyl sites for hydroxylation is 2. The van der Waals surface area contributed by atoms with Crippen molar-refractivity contribution < 1.29 is 4.79 Å². The summed E-state index contributed by atoms with van der Waals surface area (Å²) in [6.45, 7) is 4.62. The van der Waals surface area contributed by atoms with Gasteiger partial charge in [-0.05, 0) is 26.7 Å². The van der Waals surface area contributed by atoms with Gasteiger partial charge < -0.3 is 4.90 Å². The second-order valence-corrected chi connectivity index (χ2v) is 7.15. The molecule has 0 unspecified atom stereocenters. The van der Waals surface area contributed by atoms with Gasteiger partial charge in [-0.3, -0.25) is 9.89 Å². The fourth-order valence-corrected chi connectivity index (χ4v) is 4.18. The number of thiazole rings is 1. The van der Waals surface area contributed by atoms with Crippen molar-refractivity contribution in [1.29, 1.82) is 0 Å². The van der Waals surface area contributed by atoms with E-state index in [1.807, 2.05) is 24.1 Å². The minimum atomic E-state index is 0.0149. The van der Waals surface area contributed by atoms with E-state index in [0.29, 0.717) is 5.75 Å². The molecule has 0 aliphatic carbocycles. The number of hydrogen-bond donors (Lipinski definition) is 1. The fraction of sp³-hybridized carbons (Fsp3) is 0.538. The van der Waals surface area contributed by atoms with E-state index >= 15 is 0 Å². The molecule has 1 N–H and O–H groups in total. The van der Waals surface area contributed by atoms with Crippen molar-refractivity contribution in [2.75, 3.05) is 12.3 Å². The van der Waals surface area contributed by atoms with Crippen LogP contribution < -0.4 is 0 Å². The van der Waals surface area contributed by atoms with Crippen LogP contribution in [-0.4, -0.2) is 43.3 Å². The molecule has 3 rings (SSSR count). The highest BCUT2D eigenvalue weighted by molar-refractivity contribution is 8.01. The predicted molar refractivity (Wildman–Crippen MR) is 82.4 cm³/mol. The molecule has 0 radical (unpaired) electrons. The van der Waals surface area contributed by atoms with Gasteiger partial charge in [0.05, 0.1) is 11.8 Å². The number of nitrogens with one attached hydrogen (secondary N) is 1. The lowest BCUT2D eigenvalue weighted by atomic mass is 10.2. The van der Waals surface area contributed by atoms with Gasteiger partial charge in [-0.2, -0.15) is 5.10 Å². The topological polar surface area (TPSA) is 74.8 Å². The molecule has 0 saturated carbocycles. The number of carbonyl (C=O) groups excluding carboxylic acids is 1. The molecule has 1 aliphatic rings. The monoisotopic (exact) mass is 323 g/mol. The molecule has 8 heteroatoms. The highest BCUT2D eigenvalue weighted by Gasteiger charge is 2.32. The van der Waals surface area contributed by atoms with Gasteiger partial charge in [0.25, 0.3) is 0 Å². The zero-order valence-electron chi connectivity index (χ0n) is 12.0. The van der Waals surface area contributed by atoms with Gasteiger partial charge in [0.1, 0.15) is 5.82 Å². The van der Waals surface area contributed by atoms with Gasteiger partial charge in [0.2, 0.25) is 5.91 Å². The Labute approximate surface area is 131 Å². The highest BCUT2D eigenvalue weighted by Crippen LogP contribution is 2.31. The summed E-state index contributed by atoms with van der Waals surface area (Å²) in [4.78, 5) is 23.1. The molecule has 1 amide bonds. The van der Waals surface area contributed by atoms with Crippen molar-refractivity contribution in [2.45, 2.75) is 37.1 Å². The van der Waals surface area contributed by atoms with E-state index < -0.39 is 0 Å². The number of thioether (sulfide) groups is 1. The Kier molecular flexibility index (Phi) is 4.25. The summed E-state index contributed by atoms with van der Waals surface area (Å²) in [6.07, 6.45) is 1.94. The van der Waals surface area contributed by atoms with Crippen molar-refractivity contribution in [3.63, 3.8) is 0 Å². The number of aromatic amines is 1. The van der Waals surface area contributed by atoms with Crippen LogP contribution in [0, 0.1) is 13.8 Å². The fourth-order valence-electron chi connectivity index (χ4n) is 2.45. The first-order valence-electron chi connectivity index (χ1n) is 6.87. The Bertz CT molecular complexity index is 638. The van der Waals surface area contributed by atoms with Crippen molar-refractivity contribution >= 4 is 29.0 Å². The molecule has 112 valence electrons. The molecule has 2 aromatic rings. The molecular formula is C13H17N5OS2.